The summed E-state index contributed by atoms with van der Waals surface area (Å²) in [5, 5.41) is 24.7. The van der Waals surface area contributed by atoms with Gasteiger partial charge in [0.25, 0.3) is 5.69 Å². The molecule has 1 aromatic carbocycles. The molecule has 2 N–H and O–H groups in total. The van der Waals surface area contributed by atoms with E-state index in [1.165, 1.54) is 6.42 Å². The summed E-state index contributed by atoms with van der Waals surface area (Å²) >= 11 is 3.17. The first kappa shape index (κ1) is 16.4. The zero-order valence-electron chi connectivity index (χ0n) is 12.1. The van der Waals surface area contributed by atoms with E-state index in [0.717, 1.165) is 24.8 Å². The molecule has 0 amide bonds. The van der Waals surface area contributed by atoms with E-state index in [0.29, 0.717) is 23.5 Å². The van der Waals surface area contributed by atoms with Gasteiger partial charge in [0.05, 0.1) is 15.0 Å². The smallest absolute Gasteiger partial charge is 0.283 e. The minimum atomic E-state index is -0.640. The summed E-state index contributed by atoms with van der Waals surface area (Å²) in [4.78, 5) is 10.5. The van der Waals surface area contributed by atoms with E-state index in [1.807, 2.05) is 6.07 Å². The van der Waals surface area contributed by atoms with E-state index < -0.39 is 10.5 Å². The van der Waals surface area contributed by atoms with Crippen LogP contribution >= 0.6 is 15.9 Å². The lowest BCUT2D eigenvalue weighted by molar-refractivity contribution is -0.385. The molecule has 0 aliphatic heterocycles. The van der Waals surface area contributed by atoms with E-state index in [4.69, 9.17) is 0 Å². The van der Waals surface area contributed by atoms with Crippen LogP contribution in [0.3, 0.4) is 0 Å². The Hall–Kier alpha value is -0.980. The highest BCUT2D eigenvalue weighted by atomic mass is 79.9. The second kappa shape index (κ2) is 6.85. The van der Waals surface area contributed by atoms with E-state index >= 15 is 0 Å². The van der Waals surface area contributed by atoms with Crippen molar-refractivity contribution in [1.82, 2.24) is 5.32 Å². The van der Waals surface area contributed by atoms with Crippen LogP contribution in [0, 0.1) is 16.0 Å². The van der Waals surface area contributed by atoms with Gasteiger partial charge in [-0.25, -0.2) is 0 Å². The molecule has 116 valence electrons. The maximum Gasteiger partial charge on any atom is 0.283 e. The SMILES string of the molecule is CC1CCCC(O)(CNCc2ccc(Br)c([N+](=O)[O-])c2)C1. The van der Waals surface area contributed by atoms with Gasteiger partial charge in [0.15, 0.2) is 0 Å². The largest absolute Gasteiger partial charge is 0.389 e. The molecule has 2 unspecified atom stereocenters. The average molecular weight is 357 g/mol. The van der Waals surface area contributed by atoms with Gasteiger partial charge in [-0.05, 0) is 46.3 Å². The minimum Gasteiger partial charge on any atom is -0.389 e. The molecule has 0 bridgehead atoms. The fraction of sp³-hybridized carbons (Fsp3) is 0.600. The Bertz CT molecular complexity index is 524. The predicted molar refractivity (Wildman–Crippen MR) is 85.1 cm³/mol. The van der Waals surface area contributed by atoms with Crippen LogP contribution in [0.25, 0.3) is 0 Å². The summed E-state index contributed by atoms with van der Waals surface area (Å²) in [7, 11) is 0. The molecule has 0 aromatic heterocycles. The van der Waals surface area contributed by atoms with Crippen LogP contribution in [-0.2, 0) is 6.54 Å². The standard InChI is InChI=1S/C15H21BrN2O3/c1-11-3-2-6-15(19,8-11)10-17-9-12-4-5-13(16)14(7-12)18(20)21/h4-5,7,11,17,19H,2-3,6,8-10H2,1H3. The third kappa shape index (κ3) is 4.49. The third-order valence-corrected chi connectivity index (χ3v) is 4.73. The van der Waals surface area contributed by atoms with Crippen molar-refractivity contribution in [2.75, 3.05) is 6.54 Å². The van der Waals surface area contributed by atoms with Gasteiger partial charge in [0, 0.05) is 19.2 Å². The number of nitro benzene ring substituents is 1. The van der Waals surface area contributed by atoms with Crippen molar-refractivity contribution < 1.29 is 10.0 Å². The molecule has 0 radical (unpaired) electrons. The number of halogens is 1. The van der Waals surface area contributed by atoms with Crippen molar-refractivity contribution in [3.63, 3.8) is 0 Å². The van der Waals surface area contributed by atoms with Crippen LogP contribution in [0.2, 0.25) is 0 Å². The topological polar surface area (TPSA) is 75.4 Å². The maximum absolute atomic E-state index is 10.9. The summed E-state index contributed by atoms with van der Waals surface area (Å²) in [5.41, 5.74) is 0.274. The fourth-order valence-corrected chi connectivity index (χ4v) is 3.43. The molecular formula is C15H21BrN2O3. The van der Waals surface area contributed by atoms with Crippen molar-refractivity contribution in [1.29, 1.82) is 0 Å². The first-order chi connectivity index (χ1) is 9.89. The van der Waals surface area contributed by atoms with Crippen LogP contribution in [0.1, 0.15) is 38.2 Å². The molecule has 1 saturated carbocycles. The predicted octanol–water partition coefficient (Wildman–Crippen LogP) is 3.39. The molecule has 2 rings (SSSR count). The van der Waals surface area contributed by atoms with E-state index in [1.54, 1.807) is 12.1 Å². The molecular weight excluding hydrogens is 336 g/mol. The molecule has 6 heteroatoms. The van der Waals surface area contributed by atoms with Gasteiger partial charge < -0.3 is 10.4 Å². The fourth-order valence-electron chi connectivity index (χ4n) is 3.04. The molecule has 0 saturated heterocycles. The Morgan fingerprint density at radius 2 is 2.33 bits per heavy atom. The van der Waals surface area contributed by atoms with Gasteiger partial charge in [0.1, 0.15) is 0 Å². The minimum absolute atomic E-state index is 0.0688. The second-order valence-electron chi connectivity index (χ2n) is 6.07. The average Bonchev–Trinajstić information content (AvgIpc) is 2.40. The summed E-state index contributed by atoms with van der Waals surface area (Å²) in [6.07, 6.45) is 3.88. The van der Waals surface area contributed by atoms with Crippen LogP contribution < -0.4 is 5.32 Å². The highest BCUT2D eigenvalue weighted by Gasteiger charge is 2.32. The first-order valence-electron chi connectivity index (χ1n) is 7.25. The Morgan fingerprint density at radius 3 is 3.00 bits per heavy atom. The van der Waals surface area contributed by atoms with Crippen LogP contribution in [0.15, 0.2) is 22.7 Å². The van der Waals surface area contributed by atoms with Gasteiger partial charge in [-0.2, -0.15) is 0 Å². The number of nitrogens with one attached hydrogen (secondary N) is 1. The monoisotopic (exact) mass is 356 g/mol. The lowest BCUT2D eigenvalue weighted by Gasteiger charge is -2.35. The quantitative estimate of drug-likeness (QED) is 0.626. The highest BCUT2D eigenvalue weighted by Crippen LogP contribution is 2.31. The van der Waals surface area contributed by atoms with Crippen LogP contribution in [-0.4, -0.2) is 22.2 Å². The van der Waals surface area contributed by atoms with Crippen molar-refractivity contribution in [3.05, 3.63) is 38.3 Å². The van der Waals surface area contributed by atoms with Gasteiger partial charge >= 0.3 is 0 Å². The number of rotatable bonds is 5. The van der Waals surface area contributed by atoms with Crippen molar-refractivity contribution >= 4 is 21.6 Å². The highest BCUT2D eigenvalue weighted by molar-refractivity contribution is 9.10. The lowest BCUT2D eigenvalue weighted by atomic mass is 9.79. The first-order valence-corrected chi connectivity index (χ1v) is 8.05. The third-order valence-electron chi connectivity index (χ3n) is 4.06. The Kier molecular flexibility index (Phi) is 5.35. The Morgan fingerprint density at radius 1 is 1.57 bits per heavy atom. The van der Waals surface area contributed by atoms with Gasteiger partial charge in [0.2, 0.25) is 0 Å². The summed E-state index contributed by atoms with van der Waals surface area (Å²) in [6.45, 7) is 3.22. The molecule has 0 heterocycles. The Balaban J connectivity index is 1.91. The number of aliphatic hydroxyl groups is 1. The summed E-state index contributed by atoms with van der Waals surface area (Å²) in [5.74, 6) is 0.555. The zero-order valence-corrected chi connectivity index (χ0v) is 13.7. The van der Waals surface area contributed by atoms with E-state index in [-0.39, 0.29) is 5.69 Å². The molecule has 1 aromatic rings. The summed E-state index contributed by atoms with van der Waals surface area (Å²) in [6, 6.07) is 5.09. The van der Waals surface area contributed by atoms with Gasteiger partial charge in [-0.3, -0.25) is 10.1 Å². The number of nitro groups is 1. The second-order valence-corrected chi connectivity index (χ2v) is 6.93. The maximum atomic E-state index is 10.9. The molecule has 1 fully saturated rings. The lowest BCUT2D eigenvalue weighted by Crippen LogP contribution is -2.43. The van der Waals surface area contributed by atoms with E-state index in [9.17, 15) is 15.2 Å². The number of nitrogens with zero attached hydrogens (tertiary/aromatic N) is 1. The van der Waals surface area contributed by atoms with Gasteiger partial charge in [-0.15, -0.1) is 0 Å². The van der Waals surface area contributed by atoms with Crippen LogP contribution in [0.5, 0.6) is 0 Å². The molecule has 2 atom stereocenters. The summed E-state index contributed by atoms with van der Waals surface area (Å²) < 4.78 is 0.482. The van der Waals surface area contributed by atoms with Gasteiger partial charge in [-0.1, -0.05) is 25.8 Å². The zero-order chi connectivity index (χ0) is 15.5. The normalized spacial score (nSPS) is 25.8. The molecule has 0 spiro atoms. The number of hydrogen-bond donors (Lipinski definition) is 2. The molecule has 5 nitrogen and oxygen atoms in total. The van der Waals surface area contributed by atoms with Crippen molar-refractivity contribution in [2.24, 2.45) is 5.92 Å². The molecule has 1 aliphatic carbocycles. The number of benzene rings is 1. The van der Waals surface area contributed by atoms with Crippen molar-refractivity contribution in [3.8, 4) is 0 Å². The molecule has 21 heavy (non-hydrogen) atoms. The van der Waals surface area contributed by atoms with Crippen LogP contribution in [0.4, 0.5) is 5.69 Å². The number of hydrogen-bond acceptors (Lipinski definition) is 4. The van der Waals surface area contributed by atoms with E-state index in [2.05, 4.69) is 28.2 Å². The van der Waals surface area contributed by atoms with Crippen molar-refractivity contribution in [2.45, 2.75) is 44.8 Å². The molecule has 1 aliphatic rings. The Labute approximate surface area is 133 Å².